The van der Waals surface area contributed by atoms with Crippen LogP contribution in [0, 0.1) is 5.92 Å². The first-order chi connectivity index (χ1) is 6.90. The molecule has 1 aliphatic carbocycles. The van der Waals surface area contributed by atoms with Crippen molar-refractivity contribution in [1.82, 2.24) is 5.32 Å². The second kappa shape index (κ2) is 4.58. The molecular formula is C12H17NO. The van der Waals surface area contributed by atoms with Gasteiger partial charge in [-0.05, 0) is 36.9 Å². The summed E-state index contributed by atoms with van der Waals surface area (Å²) in [5, 5.41) is 2.99. The third kappa shape index (κ3) is 2.14. The molecule has 0 heterocycles. The lowest BCUT2D eigenvalue weighted by Gasteiger charge is -2.08. The fourth-order valence-corrected chi connectivity index (χ4v) is 2.10. The van der Waals surface area contributed by atoms with Crippen LogP contribution in [-0.2, 0) is 17.6 Å². The SMILES string of the molecule is CNCOCC1Cc2ccccc2C1. The summed E-state index contributed by atoms with van der Waals surface area (Å²) in [6.45, 7) is 1.53. The summed E-state index contributed by atoms with van der Waals surface area (Å²) in [5.74, 6) is 0.681. The van der Waals surface area contributed by atoms with E-state index < -0.39 is 0 Å². The zero-order valence-electron chi connectivity index (χ0n) is 8.62. The van der Waals surface area contributed by atoms with Gasteiger partial charge in [0.2, 0.25) is 0 Å². The minimum atomic E-state index is 0.660. The summed E-state index contributed by atoms with van der Waals surface area (Å²) < 4.78 is 5.49. The van der Waals surface area contributed by atoms with Crippen LogP contribution in [0.25, 0.3) is 0 Å². The number of rotatable bonds is 4. The summed E-state index contributed by atoms with van der Waals surface area (Å²) in [5.41, 5.74) is 3.01. The van der Waals surface area contributed by atoms with Crippen LogP contribution in [0.1, 0.15) is 11.1 Å². The molecule has 0 radical (unpaired) electrons. The highest BCUT2D eigenvalue weighted by atomic mass is 16.5. The molecule has 0 spiro atoms. The van der Waals surface area contributed by atoms with E-state index in [4.69, 9.17) is 4.74 Å². The van der Waals surface area contributed by atoms with Gasteiger partial charge in [0.15, 0.2) is 0 Å². The van der Waals surface area contributed by atoms with Gasteiger partial charge in [0.25, 0.3) is 0 Å². The second-order valence-electron chi connectivity index (χ2n) is 3.91. The molecule has 0 saturated heterocycles. The lowest BCUT2D eigenvalue weighted by atomic mass is 10.1. The molecule has 1 aromatic carbocycles. The van der Waals surface area contributed by atoms with Crippen molar-refractivity contribution in [3.8, 4) is 0 Å². The molecule has 1 aliphatic rings. The standard InChI is InChI=1S/C12H17NO/c1-13-9-14-8-10-6-11-4-2-3-5-12(11)7-10/h2-5,10,13H,6-9H2,1H3. The second-order valence-corrected chi connectivity index (χ2v) is 3.91. The van der Waals surface area contributed by atoms with Crippen molar-refractivity contribution in [2.24, 2.45) is 5.92 Å². The predicted octanol–water partition coefficient (Wildman–Crippen LogP) is 1.59. The Bertz CT molecular complexity index is 273. The highest BCUT2D eigenvalue weighted by Crippen LogP contribution is 2.26. The van der Waals surface area contributed by atoms with Gasteiger partial charge in [-0.15, -0.1) is 0 Å². The molecular weight excluding hydrogens is 174 g/mol. The molecule has 0 fully saturated rings. The number of ether oxygens (including phenoxy) is 1. The van der Waals surface area contributed by atoms with Crippen molar-refractivity contribution in [2.75, 3.05) is 20.4 Å². The maximum absolute atomic E-state index is 5.49. The Morgan fingerprint density at radius 2 is 1.93 bits per heavy atom. The predicted molar refractivity (Wildman–Crippen MR) is 57.2 cm³/mol. The Hall–Kier alpha value is -0.860. The van der Waals surface area contributed by atoms with E-state index in [0.717, 1.165) is 6.61 Å². The van der Waals surface area contributed by atoms with E-state index >= 15 is 0 Å². The fraction of sp³-hybridized carbons (Fsp3) is 0.500. The Kier molecular flexibility index (Phi) is 3.17. The van der Waals surface area contributed by atoms with Crippen molar-refractivity contribution < 1.29 is 4.74 Å². The van der Waals surface area contributed by atoms with Gasteiger partial charge in [0.1, 0.15) is 0 Å². The molecule has 0 unspecified atom stereocenters. The third-order valence-electron chi connectivity index (χ3n) is 2.74. The van der Waals surface area contributed by atoms with Crippen molar-refractivity contribution in [3.63, 3.8) is 0 Å². The molecule has 0 bridgehead atoms. The average molecular weight is 191 g/mol. The summed E-state index contributed by atoms with van der Waals surface area (Å²) in [6, 6.07) is 8.70. The highest BCUT2D eigenvalue weighted by Gasteiger charge is 2.20. The molecule has 2 heteroatoms. The molecule has 0 aliphatic heterocycles. The smallest absolute Gasteiger partial charge is 0.0962 e. The van der Waals surface area contributed by atoms with Gasteiger partial charge in [-0.3, -0.25) is 5.32 Å². The lowest BCUT2D eigenvalue weighted by Crippen LogP contribution is -2.17. The fourth-order valence-electron chi connectivity index (χ4n) is 2.10. The Labute approximate surface area is 85.3 Å². The Morgan fingerprint density at radius 1 is 1.29 bits per heavy atom. The first-order valence-corrected chi connectivity index (χ1v) is 5.19. The monoisotopic (exact) mass is 191 g/mol. The van der Waals surface area contributed by atoms with Gasteiger partial charge >= 0.3 is 0 Å². The number of fused-ring (bicyclic) bond motifs is 1. The molecule has 2 nitrogen and oxygen atoms in total. The normalized spacial score (nSPS) is 15.8. The molecule has 0 saturated carbocycles. The van der Waals surface area contributed by atoms with E-state index in [1.807, 2.05) is 7.05 Å². The minimum Gasteiger partial charge on any atom is -0.366 e. The van der Waals surface area contributed by atoms with Crippen molar-refractivity contribution in [2.45, 2.75) is 12.8 Å². The van der Waals surface area contributed by atoms with Crippen LogP contribution in [0.5, 0.6) is 0 Å². The van der Waals surface area contributed by atoms with Crippen molar-refractivity contribution in [1.29, 1.82) is 0 Å². The van der Waals surface area contributed by atoms with E-state index in [0.29, 0.717) is 12.6 Å². The van der Waals surface area contributed by atoms with Gasteiger partial charge in [-0.2, -0.15) is 0 Å². The van der Waals surface area contributed by atoms with Crippen LogP contribution in [0.4, 0.5) is 0 Å². The van der Waals surface area contributed by atoms with E-state index in [-0.39, 0.29) is 0 Å². The Morgan fingerprint density at radius 3 is 2.50 bits per heavy atom. The maximum atomic E-state index is 5.49. The zero-order valence-corrected chi connectivity index (χ0v) is 8.62. The van der Waals surface area contributed by atoms with Crippen molar-refractivity contribution >= 4 is 0 Å². The van der Waals surface area contributed by atoms with Gasteiger partial charge in [0, 0.05) is 0 Å². The highest BCUT2D eigenvalue weighted by molar-refractivity contribution is 5.31. The summed E-state index contributed by atoms with van der Waals surface area (Å²) in [6.07, 6.45) is 2.36. The van der Waals surface area contributed by atoms with E-state index in [2.05, 4.69) is 29.6 Å². The molecule has 0 atom stereocenters. The minimum absolute atomic E-state index is 0.660. The van der Waals surface area contributed by atoms with Gasteiger partial charge in [-0.1, -0.05) is 24.3 Å². The number of nitrogens with one attached hydrogen (secondary N) is 1. The third-order valence-corrected chi connectivity index (χ3v) is 2.74. The van der Waals surface area contributed by atoms with Crippen LogP contribution in [0.15, 0.2) is 24.3 Å². The van der Waals surface area contributed by atoms with Gasteiger partial charge in [0.05, 0.1) is 13.3 Å². The van der Waals surface area contributed by atoms with Crippen LogP contribution in [-0.4, -0.2) is 20.4 Å². The molecule has 2 rings (SSSR count). The van der Waals surface area contributed by atoms with Crippen LogP contribution >= 0.6 is 0 Å². The molecule has 14 heavy (non-hydrogen) atoms. The summed E-state index contributed by atoms with van der Waals surface area (Å²) >= 11 is 0. The lowest BCUT2D eigenvalue weighted by molar-refractivity contribution is 0.0919. The number of hydrogen-bond acceptors (Lipinski definition) is 2. The molecule has 76 valence electrons. The first-order valence-electron chi connectivity index (χ1n) is 5.19. The number of benzene rings is 1. The Balaban J connectivity index is 1.86. The summed E-state index contributed by atoms with van der Waals surface area (Å²) in [7, 11) is 1.91. The van der Waals surface area contributed by atoms with Crippen LogP contribution < -0.4 is 5.32 Å². The maximum Gasteiger partial charge on any atom is 0.0962 e. The van der Waals surface area contributed by atoms with E-state index in [1.165, 1.54) is 24.0 Å². The van der Waals surface area contributed by atoms with E-state index in [1.54, 1.807) is 0 Å². The average Bonchev–Trinajstić information content (AvgIpc) is 2.60. The van der Waals surface area contributed by atoms with Crippen molar-refractivity contribution in [3.05, 3.63) is 35.4 Å². The first kappa shape index (κ1) is 9.69. The van der Waals surface area contributed by atoms with Gasteiger partial charge in [-0.25, -0.2) is 0 Å². The topological polar surface area (TPSA) is 21.3 Å². The quantitative estimate of drug-likeness (QED) is 0.576. The molecule has 1 N–H and O–H groups in total. The van der Waals surface area contributed by atoms with Crippen LogP contribution in [0.2, 0.25) is 0 Å². The number of hydrogen-bond donors (Lipinski definition) is 1. The molecule has 0 amide bonds. The van der Waals surface area contributed by atoms with Crippen LogP contribution in [0.3, 0.4) is 0 Å². The van der Waals surface area contributed by atoms with E-state index in [9.17, 15) is 0 Å². The summed E-state index contributed by atoms with van der Waals surface area (Å²) in [4.78, 5) is 0. The zero-order chi connectivity index (χ0) is 9.80. The van der Waals surface area contributed by atoms with Gasteiger partial charge < -0.3 is 4.74 Å². The molecule has 0 aromatic heterocycles. The molecule has 1 aromatic rings. The largest absolute Gasteiger partial charge is 0.366 e.